The Hall–Kier alpha value is -0.920. The minimum atomic E-state index is -0.268. The predicted molar refractivity (Wildman–Crippen MR) is 57.1 cm³/mol. The number of aromatic nitrogens is 1. The van der Waals surface area contributed by atoms with Gasteiger partial charge in [0, 0.05) is 18.3 Å². The van der Waals surface area contributed by atoms with Gasteiger partial charge in [-0.25, -0.2) is 0 Å². The molecule has 0 amide bonds. The molecule has 1 aromatic heterocycles. The molecule has 0 aliphatic carbocycles. The smallest absolute Gasteiger partial charge is 0.0963 e. The van der Waals surface area contributed by atoms with Crippen LogP contribution >= 0.6 is 0 Å². The highest BCUT2D eigenvalue weighted by Gasteiger charge is 2.10. The summed E-state index contributed by atoms with van der Waals surface area (Å²) in [4.78, 5) is 4.02. The van der Waals surface area contributed by atoms with Gasteiger partial charge in [-0.15, -0.1) is 0 Å². The summed E-state index contributed by atoms with van der Waals surface area (Å²) in [5.41, 5.74) is 1.03. The van der Waals surface area contributed by atoms with Crippen LogP contribution < -0.4 is 0 Å². The van der Waals surface area contributed by atoms with Gasteiger partial charge in [0.1, 0.15) is 0 Å². The number of alkyl halides is 1. The van der Waals surface area contributed by atoms with Gasteiger partial charge >= 0.3 is 0 Å². The molecule has 0 saturated carbocycles. The molecule has 1 unspecified atom stereocenters. The Morgan fingerprint density at radius 2 is 2.29 bits per heavy atom. The van der Waals surface area contributed by atoms with Crippen molar-refractivity contribution in [1.82, 2.24) is 4.98 Å². The highest BCUT2D eigenvalue weighted by Crippen LogP contribution is 2.21. The lowest BCUT2D eigenvalue weighted by Crippen LogP contribution is -2.01. The average Bonchev–Trinajstić information content (AvgIpc) is 2.26. The molecule has 0 saturated heterocycles. The molecule has 0 radical (unpaired) electrons. The number of rotatable bonds is 6. The number of halogens is 1. The maximum absolute atomic E-state index is 12.7. The van der Waals surface area contributed by atoms with Gasteiger partial charge in [-0.2, -0.15) is 0 Å². The van der Waals surface area contributed by atoms with Crippen LogP contribution in [0.3, 0.4) is 0 Å². The van der Waals surface area contributed by atoms with E-state index in [1.54, 1.807) is 12.4 Å². The normalized spacial score (nSPS) is 12.7. The molecule has 0 fully saturated rings. The molecule has 1 rings (SSSR count). The molecule has 78 valence electrons. The molecule has 1 aromatic rings. The van der Waals surface area contributed by atoms with E-state index in [0.717, 1.165) is 18.4 Å². The van der Waals surface area contributed by atoms with E-state index in [9.17, 15) is 4.39 Å². The molecule has 1 nitrogen and oxygen atoms in total. The molecule has 0 aliphatic heterocycles. The maximum Gasteiger partial charge on any atom is 0.0963 e. The van der Waals surface area contributed by atoms with Crippen molar-refractivity contribution in [3.63, 3.8) is 0 Å². The lowest BCUT2D eigenvalue weighted by molar-refractivity contribution is 0.404. The van der Waals surface area contributed by atoms with E-state index in [-0.39, 0.29) is 12.6 Å². The van der Waals surface area contributed by atoms with E-state index in [2.05, 4.69) is 11.9 Å². The zero-order valence-corrected chi connectivity index (χ0v) is 8.75. The van der Waals surface area contributed by atoms with E-state index in [1.807, 2.05) is 12.1 Å². The minimum Gasteiger partial charge on any atom is -0.264 e. The quantitative estimate of drug-likeness (QED) is 0.630. The van der Waals surface area contributed by atoms with E-state index < -0.39 is 0 Å². The minimum absolute atomic E-state index is 0.0512. The first kappa shape index (κ1) is 11.2. The van der Waals surface area contributed by atoms with Crippen LogP contribution in [0.4, 0.5) is 4.39 Å². The summed E-state index contributed by atoms with van der Waals surface area (Å²) < 4.78 is 12.7. The van der Waals surface area contributed by atoms with Gasteiger partial charge in [0.05, 0.1) is 6.67 Å². The average molecular weight is 195 g/mol. The molecule has 1 heterocycles. The molecule has 1 atom stereocenters. The molecule has 2 heteroatoms. The van der Waals surface area contributed by atoms with Gasteiger partial charge in [-0.3, -0.25) is 9.37 Å². The number of pyridine rings is 1. The maximum atomic E-state index is 12.7. The highest BCUT2D eigenvalue weighted by atomic mass is 19.1. The van der Waals surface area contributed by atoms with Crippen LogP contribution in [0, 0.1) is 0 Å². The first-order valence-electron chi connectivity index (χ1n) is 5.34. The van der Waals surface area contributed by atoms with Gasteiger partial charge in [0.15, 0.2) is 0 Å². The largest absolute Gasteiger partial charge is 0.264 e. The summed E-state index contributed by atoms with van der Waals surface area (Å²) >= 11 is 0. The second kappa shape index (κ2) is 6.52. The zero-order valence-electron chi connectivity index (χ0n) is 8.75. The topological polar surface area (TPSA) is 12.9 Å². The molecular formula is C12H18FN. The highest BCUT2D eigenvalue weighted by molar-refractivity contribution is 5.14. The van der Waals surface area contributed by atoms with Gasteiger partial charge in [-0.05, 0) is 18.1 Å². The van der Waals surface area contributed by atoms with Crippen molar-refractivity contribution in [3.05, 3.63) is 30.1 Å². The van der Waals surface area contributed by atoms with Gasteiger partial charge < -0.3 is 0 Å². The van der Waals surface area contributed by atoms with Gasteiger partial charge in [-0.1, -0.05) is 32.3 Å². The summed E-state index contributed by atoms with van der Waals surface area (Å²) in [6.45, 7) is 1.89. The van der Waals surface area contributed by atoms with Crippen LogP contribution in [-0.4, -0.2) is 11.7 Å². The fraction of sp³-hybridized carbons (Fsp3) is 0.583. The van der Waals surface area contributed by atoms with Crippen LogP contribution in [0.25, 0.3) is 0 Å². The van der Waals surface area contributed by atoms with E-state index in [1.165, 1.54) is 12.8 Å². The second-order valence-electron chi connectivity index (χ2n) is 3.63. The van der Waals surface area contributed by atoms with E-state index >= 15 is 0 Å². The lowest BCUT2D eigenvalue weighted by Gasteiger charge is -2.12. The number of unbranched alkanes of at least 4 members (excludes halogenated alkanes) is 2. The molecule has 0 bridgehead atoms. The summed E-state index contributed by atoms with van der Waals surface area (Å²) in [6.07, 6.45) is 7.93. The van der Waals surface area contributed by atoms with E-state index in [4.69, 9.17) is 0 Å². The predicted octanol–water partition coefficient (Wildman–Crippen LogP) is 3.72. The molecule has 0 aromatic carbocycles. The van der Waals surface area contributed by atoms with Gasteiger partial charge in [0.25, 0.3) is 0 Å². The third kappa shape index (κ3) is 3.44. The number of hydrogen-bond acceptors (Lipinski definition) is 1. The monoisotopic (exact) mass is 195 g/mol. The Labute approximate surface area is 85.4 Å². The standard InChI is InChI=1S/C12H18FN/c1-2-3-4-6-11(9-13)12-7-5-8-14-10-12/h5,7-8,10-11H,2-4,6,9H2,1H3. The first-order chi connectivity index (χ1) is 6.88. The summed E-state index contributed by atoms with van der Waals surface area (Å²) in [5.74, 6) is 0.0512. The van der Waals surface area contributed by atoms with Crippen molar-refractivity contribution in [3.8, 4) is 0 Å². The molecular weight excluding hydrogens is 177 g/mol. The third-order valence-corrected chi connectivity index (χ3v) is 2.50. The number of nitrogens with zero attached hydrogens (tertiary/aromatic N) is 1. The Kier molecular flexibility index (Phi) is 5.20. The van der Waals surface area contributed by atoms with Crippen molar-refractivity contribution < 1.29 is 4.39 Å². The van der Waals surface area contributed by atoms with Gasteiger partial charge in [0.2, 0.25) is 0 Å². The first-order valence-corrected chi connectivity index (χ1v) is 5.34. The fourth-order valence-corrected chi connectivity index (χ4v) is 1.59. The van der Waals surface area contributed by atoms with Crippen molar-refractivity contribution in [1.29, 1.82) is 0 Å². The molecule has 0 aliphatic rings. The summed E-state index contributed by atoms with van der Waals surface area (Å²) in [6, 6.07) is 3.83. The fourth-order valence-electron chi connectivity index (χ4n) is 1.59. The Bertz CT molecular complexity index is 235. The van der Waals surface area contributed by atoms with Crippen LogP contribution in [0.2, 0.25) is 0 Å². The Morgan fingerprint density at radius 3 is 2.86 bits per heavy atom. The van der Waals surface area contributed by atoms with Crippen LogP contribution in [0.5, 0.6) is 0 Å². The SMILES string of the molecule is CCCCCC(CF)c1cccnc1. The third-order valence-electron chi connectivity index (χ3n) is 2.50. The Balaban J connectivity index is 2.46. The van der Waals surface area contributed by atoms with Crippen LogP contribution in [-0.2, 0) is 0 Å². The van der Waals surface area contributed by atoms with Crippen molar-refractivity contribution in [2.24, 2.45) is 0 Å². The van der Waals surface area contributed by atoms with Crippen molar-refractivity contribution in [2.45, 2.75) is 38.5 Å². The molecule has 0 spiro atoms. The van der Waals surface area contributed by atoms with Crippen LogP contribution in [0.1, 0.15) is 44.1 Å². The number of hydrogen-bond donors (Lipinski definition) is 0. The molecule has 0 N–H and O–H groups in total. The molecule has 14 heavy (non-hydrogen) atoms. The Morgan fingerprint density at radius 1 is 1.43 bits per heavy atom. The summed E-state index contributed by atoms with van der Waals surface area (Å²) in [5, 5.41) is 0. The van der Waals surface area contributed by atoms with Crippen molar-refractivity contribution >= 4 is 0 Å². The van der Waals surface area contributed by atoms with E-state index in [0.29, 0.717) is 0 Å². The van der Waals surface area contributed by atoms with Crippen molar-refractivity contribution in [2.75, 3.05) is 6.67 Å². The zero-order chi connectivity index (χ0) is 10.2. The van der Waals surface area contributed by atoms with Crippen LogP contribution in [0.15, 0.2) is 24.5 Å². The summed E-state index contributed by atoms with van der Waals surface area (Å²) in [7, 11) is 0. The lowest BCUT2D eigenvalue weighted by atomic mass is 9.96. The second-order valence-corrected chi connectivity index (χ2v) is 3.63.